The highest BCUT2D eigenvalue weighted by molar-refractivity contribution is 5.91. The number of aromatic nitrogens is 3. The van der Waals surface area contributed by atoms with E-state index in [-0.39, 0.29) is 6.04 Å². The highest BCUT2D eigenvalue weighted by Crippen LogP contribution is 2.35. The van der Waals surface area contributed by atoms with Gasteiger partial charge in [0.15, 0.2) is 0 Å². The van der Waals surface area contributed by atoms with Crippen molar-refractivity contribution >= 4 is 16.7 Å². The molecule has 0 radical (unpaired) electrons. The molecule has 0 amide bonds. The number of nitrogens with one attached hydrogen (secondary N) is 1. The summed E-state index contributed by atoms with van der Waals surface area (Å²) >= 11 is 0. The molecule has 0 saturated carbocycles. The van der Waals surface area contributed by atoms with Crippen LogP contribution < -0.4 is 10.1 Å². The molecular formula is C16H16N4O. The zero-order chi connectivity index (χ0) is 14.2. The highest BCUT2D eigenvalue weighted by Gasteiger charge is 2.24. The van der Waals surface area contributed by atoms with Crippen LogP contribution in [0.1, 0.15) is 18.0 Å². The van der Waals surface area contributed by atoms with Gasteiger partial charge in [0, 0.05) is 24.3 Å². The van der Waals surface area contributed by atoms with Crippen LogP contribution >= 0.6 is 0 Å². The van der Waals surface area contributed by atoms with E-state index in [4.69, 9.17) is 9.84 Å². The maximum absolute atomic E-state index is 5.32. The van der Waals surface area contributed by atoms with E-state index in [2.05, 4.69) is 21.0 Å². The SMILES string of the molecule is COc1ccc2nn3c(c2c1)NCCC3c1cccnc1. The van der Waals surface area contributed by atoms with Gasteiger partial charge in [0.1, 0.15) is 11.6 Å². The molecule has 0 bridgehead atoms. The predicted molar refractivity (Wildman–Crippen MR) is 81.8 cm³/mol. The van der Waals surface area contributed by atoms with Gasteiger partial charge in [-0.25, -0.2) is 4.68 Å². The average molecular weight is 280 g/mol. The monoisotopic (exact) mass is 280 g/mol. The fraction of sp³-hybridized carbons (Fsp3) is 0.250. The second kappa shape index (κ2) is 4.77. The zero-order valence-electron chi connectivity index (χ0n) is 11.8. The normalized spacial score (nSPS) is 17.3. The van der Waals surface area contributed by atoms with Crippen LogP contribution in [0.5, 0.6) is 5.75 Å². The Balaban J connectivity index is 1.88. The zero-order valence-corrected chi connectivity index (χ0v) is 11.8. The number of rotatable bonds is 2. The van der Waals surface area contributed by atoms with Crippen molar-refractivity contribution in [3.8, 4) is 5.75 Å². The van der Waals surface area contributed by atoms with Crippen LogP contribution in [0.2, 0.25) is 0 Å². The van der Waals surface area contributed by atoms with Crippen molar-refractivity contribution in [3.05, 3.63) is 48.3 Å². The Morgan fingerprint density at radius 3 is 3.10 bits per heavy atom. The van der Waals surface area contributed by atoms with Crippen molar-refractivity contribution in [2.75, 3.05) is 19.0 Å². The Bertz CT molecular complexity index is 782. The number of hydrogen-bond donors (Lipinski definition) is 1. The second-order valence-electron chi connectivity index (χ2n) is 5.19. The molecule has 5 heteroatoms. The molecule has 4 rings (SSSR count). The van der Waals surface area contributed by atoms with E-state index in [1.165, 1.54) is 5.56 Å². The van der Waals surface area contributed by atoms with Crippen molar-refractivity contribution in [3.63, 3.8) is 0 Å². The van der Waals surface area contributed by atoms with Gasteiger partial charge in [0.05, 0.1) is 18.7 Å². The Labute approximate surface area is 122 Å². The van der Waals surface area contributed by atoms with Gasteiger partial charge in [-0.15, -0.1) is 0 Å². The minimum atomic E-state index is 0.230. The van der Waals surface area contributed by atoms with E-state index in [0.29, 0.717) is 0 Å². The Hall–Kier alpha value is -2.56. The molecule has 0 fully saturated rings. The van der Waals surface area contributed by atoms with Crippen LogP contribution in [-0.2, 0) is 0 Å². The number of nitrogens with zero attached hydrogens (tertiary/aromatic N) is 3. The quantitative estimate of drug-likeness (QED) is 0.784. The molecular weight excluding hydrogens is 264 g/mol. The summed E-state index contributed by atoms with van der Waals surface area (Å²) in [5, 5.41) is 9.32. The predicted octanol–water partition coefficient (Wildman–Crippen LogP) is 2.84. The molecule has 1 N–H and O–H groups in total. The van der Waals surface area contributed by atoms with Gasteiger partial charge >= 0.3 is 0 Å². The number of benzene rings is 1. The fourth-order valence-electron chi connectivity index (χ4n) is 2.94. The topological polar surface area (TPSA) is 52.0 Å². The molecule has 1 unspecified atom stereocenters. The molecule has 0 saturated heterocycles. The van der Waals surface area contributed by atoms with E-state index >= 15 is 0 Å². The molecule has 1 aliphatic heterocycles. The van der Waals surface area contributed by atoms with Crippen molar-refractivity contribution in [1.29, 1.82) is 0 Å². The molecule has 3 heterocycles. The molecule has 0 spiro atoms. The largest absolute Gasteiger partial charge is 0.497 e. The van der Waals surface area contributed by atoms with E-state index in [1.807, 2.05) is 30.5 Å². The van der Waals surface area contributed by atoms with Gasteiger partial charge < -0.3 is 10.1 Å². The lowest BCUT2D eigenvalue weighted by Gasteiger charge is -2.25. The molecule has 1 aliphatic rings. The molecule has 5 nitrogen and oxygen atoms in total. The Morgan fingerprint density at radius 2 is 2.29 bits per heavy atom. The van der Waals surface area contributed by atoms with Crippen molar-refractivity contribution < 1.29 is 4.74 Å². The Kier molecular flexibility index (Phi) is 2.77. The average Bonchev–Trinajstić information content (AvgIpc) is 2.93. The number of methoxy groups -OCH3 is 1. The molecule has 3 aromatic rings. The summed E-state index contributed by atoms with van der Waals surface area (Å²) in [6.45, 7) is 0.928. The van der Waals surface area contributed by atoms with Crippen LogP contribution in [0.15, 0.2) is 42.7 Å². The molecule has 0 aliphatic carbocycles. The van der Waals surface area contributed by atoms with Crippen LogP contribution in [0.4, 0.5) is 5.82 Å². The first-order valence-electron chi connectivity index (χ1n) is 7.07. The first-order valence-corrected chi connectivity index (χ1v) is 7.07. The third-order valence-corrected chi connectivity index (χ3v) is 3.98. The van der Waals surface area contributed by atoms with E-state index < -0.39 is 0 Å². The van der Waals surface area contributed by atoms with Crippen molar-refractivity contribution in [1.82, 2.24) is 14.8 Å². The minimum absolute atomic E-state index is 0.230. The number of pyridine rings is 1. The van der Waals surface area contributed by atoms with Gasteiger partial charge in [0.25, 0.3) is 0 Å². The Morgan fingerprint density at radius 1 is 1.33 bits per heavy atom. The van der Waals surface area contributed by atoms with Crippen molar-refractivity contribution in [2.45, 2.75) is 12.5 Å². The number of anilines is 1. The summed E-state index contributed by atoms with van der Waals surface area (Å²) in [7, 11) is 1.68. The summed E-state index contributed by atoms with van der Waals surface area (Å²) in [6.07, 6.45) is 4.73. The number of fused-ring (bicyclic) bond motifs is 3. The van der Waals surface area contributed by atoms with Gasteiger partial charge in [0.2, 0.25) is 0 Å². The van der Waals surface area contributed by atoms with Gasteiger partial charge in [-0.3, -0.25) is 4.98 Å². The van der Waals surface area contributed by atoms with Gasteiger partial charge in [-0.2, -0.15) is 5.10 Å². The lowest BCUT2D eigenvalue weighted by molar-refractivity contribution is 0.415. The standard InChI is InChI=1S/C16H16N4O/c1-21-12-4-5-14-13(9-12)16-18-8-6-15(20(16)19-14)11-3-2-7-17-10-11/h2-5,7,9-10,15,18H,6,8H2,1H3. The van der Waals surface area contributed by atoms with Gasteiger partial charge in [-0.1, -0.05) is 6.07 Å². The molecule has 1 atom stereocenters. The first-order chi connectivity index (χ1) is 10.4. The van der Waals surface area contributed by atoms with E-state index in [9.17, 15) is 0 Å². The summed E-state index contributed by atoms with van der Waals surface area (Å²) in [5.41, 5.74) is 2.18. The highest BCUT2D eigenvalue weighted by atomic mass is 16.5. The van der Waals surface area contributed by atoms with Crippen LogP contribution in [0, 0.1) is 0 Å². The van der Waals surface area contributed by atoms with Crippen LogP contribution in [0.25, 0.3) is 10.9 Å². The summed E-state index contributed by atoms with van der Waals surface area (Å²) in [6, 6.07) is 10.3. The lowest BCUT2D eigenvalue weighted by Crippen LogP contribution is -2.24. The van der Waals surface area contributed by atoms with E-state index in [1.54, 1.807) is 13.3 Å². The smallest absolute Gasteiger partial charge is 0.133 e. The molecule has 21 heavy (non-hydrogen) atoms. The summed E-state index contributed by atoms with van der Waals surface area (Å²) in [5.74, 6) is 1.91. The molecule has 2 aromatic heterocycles. The lowest BCUT2D eigenvalue weighted by atomic mass is 10.0. The van der Waals surface area contributed by atoms with Gasteiger partial charge in [-0.05, 0) is 36.2 Å². The summed E-state index contributed by atoms with van der Waals surface area (Å²) in [4.78, 5) is 4.23. The van der Waals surface area contributed by atoms with Crippen molar-refractivity contribution in [2.24, 2.45) is 0 Å². The molecule has 106 valence electrons. The minimum Gasteiger partial charge on any atom is -0.497 e. The van der Waals surface area contributed by atoms with Crippen LogP contribution in [0.3, 0.4) is 0 Å². The third kappa shape index (κ3) is 1.93. The van der Waals surface area contributed by atoms with Crippen LogP contribution in [-0.4, -0.2) is 28.4 Å². The maximum Gasteiger partial charge on any atom is 0.133 e. The fourth-order valence-corrected chi connectivity index (χ4v) is 2.94. The second-order valence-corrected chi connectivity index (χ2v) is 5.19. The first kappa shape index (κ1) is 12.2. The summed E-state index contributed by atoms with van der Waals surface area (Å²) < 4.78 is 7.39. The van der Waals surface area contributed by atoms with E-state index in [0.717, 1.165) is 35.4 Å². The molecule has 1 aromatic carbocycles. The number of hydrogen-bond acceptors (Lipinski definition) is 4. The maximum atomic E-state index is 5.32. The third-order valence-electron chi connectivity index (χ3n) is 3.98. The number of ether oxygens (including phenoxy) is 1.